The molecule has 0 aromatic heterocycles. The number of nitrogens with zero attached hydrogens (tertiary/aromatic N) is 2. The molecule has 0 unspecified atom stereocenters. The third-order valence-electron chi connectivity index (χ3n) is 3.40. The molecule has 0 fully saturated rings. The second-order valence-corrected chi connectivity index (χ2v) is 4.76. The lowest BCUT2D eigenvalue weighted by Gasteiger charge is -2.20. The van der Waals surface area contributed by atoms with Gasteiger partial charge in [0.05, 0.1) is 16.8 Å². The molecular weight excluding hydrogens is 264 g/mol. The maximum Gasteiger partial charge on any atom is 0.335 e. The molecule has 21 heavy (non-hydrogen) atoms. The van der Waals surface area contributed by atoms with E-state index in [9.17, 15) is 9.90 Å². The fraction of sp³-hybridized carbons (Fsp3) is 0.176. The van der Waals surface area contributed by atoms with Gasteiger partial charge in [0.15, 0.2) is 0 Å². The molecule has 0 aliphatic heterocycles. The van der Waals surface area contributed by atoms with Crippen LogP contribution in [0.4, 0.5) is 5.69 Å². The van der Waals surface area contributed by atoms with E-state index in [0.717, 1.165) is 11.3 Å². The van der Waals surface area contributed by atoms with Crippen LogP contribution in [0.5, 0.6) is 0 Å². The Balaban J connectivity index is 2.14. The highest BCUT2D eigenvalue weighted by molar-refractivity contribution is 5.89. The molecule has 0 radical (unpaired) electrons. The van der Waals surface area contributed by atoms with Gasteiger partial charge >= 0.3 is 5.97 Å². The maximum atomic E-state index is 11.2. The Kier molecular flexibility index (Phi) is 4.57. The van der Waals surface area contributed by atoms with Crippen molar-refractivity contribution >= 4 is 11.7 Å². The molecule has 2 aromatic rings. The molecule has 0 amide bonds. The van der Waals surface area contributed by atoms with E-state index in [1.807, 2.05) is 42.3 Å². The molecule has 4 nitrogen and oxygen atoms in total. The van der Waals surface area contributed by atoms with E-state index in [4.69, 9.17) is 5.26 Å². The van der Waals surface area contributed by atoms with E-state index in [1.54, 1.807) is 18.2 Å². The van der Waals surface area contributed by atoms with Gasteiger partial charge in [-0.05, 0) is 30.2 Å². The Bertz CT molecular complexity index is 689. The first-order valence-electron chi connectivity index (χ1n) is 6.65. The molecule has 106 valence electrons. The van der Waals surface area contributed by atoms with E-state index < -0.39 is 5.97 Å². The lowest BCUT2D eigenvalue weighted by atomic mass is 10.0. The van der Waals surface area contributed by atoms with Crippen molar-refractivity contribution in [3.63, 3.8) is 0 Å². The summed E-state index contributed by atoms with van der Waals surface area (Å²) in [5, 5.41) is 18.3. The van der Waals surface area contributed by atoms with Crippen molar-refractivity contribution in [2.75, 3.05) is 18.5 Å². The molecule has 0 saturated carbocycles. The number of carboxylic acids is 1. The molecule has 2 aromatic carbocycles. The topological polar surface area (TPSA) is 64.3 Å². The molecule has 0 spiro atoms. The van der Waals surface area contributed by atoms with Gasteiger partial charge in [-0.15, -0.1) is 0 Å². The number of aromatic carboxylic acids is 1. The minimum Gasteiger partial charge on any atom is -0.478 e. The quantitative estimate of drug-likeness (QED) is 0.914. The lowest BCUT2D eigenvalue weighted by Crippen LogP contribution is -2.22. The number of hydrogen-bond donors (Lipinski definition) is 1. The highest BCUT2D eigenvalue weighted by Gasteiger charge is 2.11. The van der Waals surface area contributed by atoms with Crippen LogP contribution in [0.25, 0.3) is 0 Å². The Hall–Kier alpha value is -2.80. The number of benzene rings is 2. The van der Waals surface area contributed by atoms with Crippen molar-refractivity contribution in [3.8, 4) is 6.07 Å². The number of carboxylic acid groups (broad SMARTS) is 1. The zero-order valence-corrected chi connectivity index (χ0v) is 11.8. The van der Waals surface area contributed by atoms with E-state index >= 15 is 0 Å². The summed E-state index contributed by atoms with van der Waals surface area (Å²) in [5.74, 6) is -0.911. The van der Waals surface area contributed by atoms with Crippen molar-refractivity contribution in [3.05, 3.63) is 65.2 Å². The monoisotopic (exact) mass is 280 g/mol. The predicted molar refractivity (Wildman–Crippen MR) is 81.5 cm³/mol. The fourth-order valence-corrected chi connectivity index (χ4v) is 2.26. The molecule has 0 aliphatic carbocycles. The van der Waals surface area contributed by atoms with Gasteiger partial charge in [0, 0.05) is 13.6 Å². The summed E-state index contributed by atoms with van der Waals surface area (Å²) in [7, 11) is 1.90. The SMILES string of the molecule is CN(CCc1ccccc1C(=O)O)c1ccccc1C#N. The van der Waals surface area contributed by atoms with Gasteiger partial charge in [-0.25, -0.2) is 4.79 Å². The third kappa shape index (κ3) is 3.40. The average molecular weight is 280 g/mol. The number of nitriles is 1. The van der Waals surface area contributed by atoms with Gasteiger partial charge in [-0.2, -0.15) is 5.26 Å². The number of carbonyl (C=O) groups is 1. The summed E-state index contributed by atoms with van der Waals surface area (Å²) in [4.78, 5) is 13.1. The Morgan fingerprint density at radius 1 is 1.19 bits per heavy atom. The van der Waals surface area contributed by atoms with Crippen molar-refractivity contribution in [1.29, 1.82) is 5.26 Å². The predicted octanol–water partition coefficient (Wildman–Crippen LogP) is 2.94. The average Bonchev–Trinajstić information content (AvgIpc) is 2.52. The van der Waals surface area contributed by atoms with Crippen molar-refractivity contribution < 1.29 is 9.90 Å². The standard InChI is InChI=1S/C17H16N2O2/c1-19(16-9-5-3-7-14(16)12-18)11-10-13-6-2-4-8-15(13)17(20)21/h2-9H,10-11H2,1H3,(H,20,21). The first-order valence-corrected chi connectivity index (χ1v) is 6.65. The highest BCUT2D eigenvalue weighted by atomic mass is 16.4. The van der Waals surface area contributed by atoms with E-state index in [0.29, 0.717) is 24.1 Å². The Morgan fingerprint density at radius 2 is 1.86 bits per heavy atom. The number of hydrogen-bond acceptors (Lipinski definition) is 3. The summed E-state index contributed by atoms with van der Waals surface area (Å²) in [6, 6.07) is 16.6. The molecule has 0 aliphatic rings. The summed E-state index contributed by atoms with van der Waals surface area (Å²) in [6.07, 6.45) is 0.610. The fourth-order valence-electron chi connectivity index (χ4n) is 2.26. The Labute approximate surface area is 123 Å². The van der Waals surface area contributed by atoms with Gasteiger partial charge in [-0.3, -0.25) is 0 Å². The largest absolute Gasteiger partial charge is 0.478 e. The smallest absolute Gasteiger partial charge is 0.335 e. The third-order valence-corrected chi connectivity index (χ3v) is 3.40. The lowest BCUT2D eigenvalue weighted by molar-refractivity contribution is 0.0695. The van der Waals surface area contributed by atoms with Crippen LogP contribution in [0.2, 0.25) is 0 Å². The van der Waals surface area contributed by atoms with Crippen molar-refractivity contribution in [1.82, 2.24) is 0 Å². The van der Waals surface area contributed by atoms with E-state index in [1.165, 1.54) is 0 Å². The number of likely N-dealkylation sites (N-methyl/N-ethyl adjacent to an activating group) is 1. The van der Waals surface area contributed by atoms with Gasteiger partial charge in [0.25, 0.3) is 0 Å². The molecule has 0 bridgehead atoms. The molecule has 0 atom stereocenters. The van der Waals surface area contributed by atoms with Gasteiger partial charge in [-0.1, -0.05) is 30.3 Å². The Morgan fingerprint density at radius 3 is 2.57 bits per heavy atom. The van der Waals surface area contributed by atoms with Gasteiger partial charge in [0.1, 0.15) is 6.07 Å². The number of rotatable bonds is 5. The minimum atomic E-state index is -0.911. The summed E-state index contributed by atoms with van der Waals surface area (Å²) >= 11 is 0. The number of anilines is 1. The molecule has 4 heteroatoms. The summed E-state index contributed by atoms with van der Waals surface area (Å²) < 4.78 is 0. The zero-order chi connectivity index (χ0) is 15.2. The van der Waals surface area contributed by atoms with Crippen molar-refractivity contribution in [2.45, 2.75) is 6.42 Å². The van der Waals surface area contributed by atoms with E-state index in [2.05, 4.69) is 6.07 Å². The first kappa shape index (κ1) is 14.6. The summed E-state index contributed by atoms with van der Waals surface area (Å²) in [5.41, 5.74) is 2.60. The highest BCUT2D eigenvalue weighted by Crippen LogP contribution is 2.19. The molecule has 1 N–H and O–H groups in total. The van der Waals surface area contributed by atoms with Crippen LogP contribution in [0, 0.1) is 11.3 Å². The van der Waals surface area contributed by atoms with Crippen LogP contribution in [-0.4, -0.2) is 24.7 Å². The van der Waals surface area contributed by atoms with Crippen LogP contribution in [0.15, 0.2) is 48.5 Å². The van der Waals surface area contributed by atoms with Gasteiger partial charge < -0.3 is 10.0 Å². The van der Waals surface area contributed by atoms with Crippen LogP contribution < -0.4 is 4.90 Å². The minimum absolute atomic E-state index is 0.333. The van der Waals surface area contributed by atoms with Crippen LogP contribution >= 0.6 is 0 Å². The maximum absolute atomic E-state index is 11.2. The second kappa shape index (κ2) is 6.58. The normalized spacial score (nSPS) is 9.90. The van der Waals surface area contributed by atoms with Crippen LogP contribution in [0.1, 0.15) is 21.5 Å². The van der Waals surface area contributed by atoms with Crippen LogP contribution in [-0.2, 0) is 6.42 Å². The zero-order valence-electron chi connectivity index (χ0n) is 11.8. The molecule has 2 rings (SSSR count). The van der Waals surface area contributed by atoms with E-state index in [-0.39, 0.29) is 0 Å². The first-order chi connectivity index (χ1) is 10.1. The summed E-state index contributed by atoms with van der Waals surface area (Å²) in [6.45, 7) is 0.642. The van der Waals surface area contributed by atoms with Gasteiger partial charge in [0.2, 0.25) is 0 Å². The second-order valence-electron chi connectivity index (χ2n) is 4.76. The molecule has 0 saturated heterocycles. The van der Waals surface area contributed by atoms with Crippen LogP contribution in [0.3, 0.4) is 0 Å². The molecule has 0 heterocycles. The molecular formula is C17H16N2O2. The number of para-hydroxylation sites is 1. The van der Waals surface area contributed by atoms with Crippen molar-refractivity contribution in [2.24, 2.45) is 0 Å².